The van der Waals surface area contributed by atoms with E-state index in [0.717, 1.165) is 24.2 Å². The van der Waals surface area contributed by atoms with Crippen molar-refractivity contribution in [2.24, 2.45) is 0 Å². The molecule has 1 aromatic rings. The van der Waals surface area contributed by atoms with E-state index in [1.165, 1.54) is 23.4 Å². The van der Waals surface area contributed by atoms with Gasteiger partial charge in [0.1, 0.15) is 0 Å². The van der Waals surface area contributed by atoms with Crippen molar-refractivity contribution in [1.82, 2.24) is 5.32 Å². The fourth-order valence-electron chi connectivity index (χ4n) is 2.36. The zero-order chi connectivity index (χ0) is 13.2. The predicted molar refractivity (Wildman–Crippen MR) is 74.3 cm³/mol. The molecule has 1 N–H and O–H groups in total. The smallest absolute Gasteiger partial charge is 0.232 e. The molecular formula is C13H20N2O2S. The molecule has 4 nitrogen and oxygen atoms in total. The van der Waals surface area contributed by atoms with Crippen LogP contribution in [0.5, 0.6) is 0 Å². The maximum Gasteiger partial charge on any atom is 0.232 e. The van der Waals surface area contributed by atoms with Crippen molar-refractivity contribution in [2.45, 2.75) is 25.3 Å². The highest BCUT2D eigenvalue weighted by Crippen LogP contribution is 2.31. The maximum absolute atomic E-state index is 11.7. The monoisotopic (exact) mass is 268 g/mol. The van der Waals surface area contributed by atoms with Gasteiger partial charge in [0.05, 0.1) is 11.9 Å². The van der Waals surface area contributed by atoms with Gasteiger partial charge in [-0.05, 0) is 31.0 Å². The normalized spacial score (nSPS) is 20.7. The molecule has 1 aliphatic rings. The number of rotatable bonds is 3. The number of nitrogens with one attached hydrogen (secondary N) is 1. The quantitative estimate of drug-likeness (QED) is 0.911. The van der Waals surface area contributed by atoms with Crippen LogP contribution in [-0.2, 0) is 10.0 Å². The molecule has 1 heterocycles. The fourth-order valence-corrected chi connectivity index (χ4v) is 2.89. The number of nitrogens with zero attached hydrogens (tertiary/aromatic N) is 1. The van der Waals surface area contributed by atoms with E-state index in [4.69, 9.17) is 0 Å². The first kappa shape index (κ1) is 13.4. The van der Waals surface area contributed by atoms with Crippen LogP contribution in [0.1, 0.15) is 30.9 Å². The highest BCUT2D eigenvalue weighted by atomic mass is 32.2. The minimum absolute atomic E-state index is 0.263. The second-order valence-electron chi connectivity index (χ2n) is 4.79. The van der Waals surface area contributed by atoms with Crippen LogP contribution in [-0.4, -0.2) is 28.3 Å². The van der Waals surface area contributed by atoms with Gasteiger partial charge in [-0.1, -0.05) is 24.6 Å². The molecule has 1 unspecified atom stereocenters. The largest absolute Gasteiger partial charge is 0.310 e. The lowest BCUT2D eigenvalue weighted by Gasteiger charge is -2.28. The average molecular weight is 268 g/mol. The highest BCUT2D eigenvalue weighted by molar-refractivity contribution is 7.92. The summed E-state index contributed by atoms with van der Waals surface area (Å²) in [5, 5.41) is 3.46. The zero-order valence-corrected chi connectivity index (χ0v) is 11.7. The van der Waals surface area contributed by atoms with Gasteiger partial charge < -0.3 is 5.32 Å². The van der Waals surface area contributed by atoms with Crippen molar-refractivity contribution in [1.29, 1.82) is 0 Å². The van der Waals surface area contributed by atoms with Crippen LogP contribution < -0.4 is 9.62 Å². The van der Waals surface area contributed by atoms with Gasteiger partial charge in [0.25, 0.3) is 0 Å². The fraction of sp³-hybridized carbons (Fsp3) is 0.538. The Morgan fingerprint density at radius 3 is 2.61 bits per heavy atom. The first-order valence-electron chi connectivity index (χ1n) is 6.26. The average Bonchev–Trinajstić information content (AvgIpc) is 2.38. The Hall–Kier alpha value is -1.07. The summed E-state index contributed by atoms with van der Waals surface area (Å²) >= 11 is 0. The third-order valence-corrected chi connectivity index (χ3v) is 4.65. The molecule has 2 rings (SSSR count). The Kier molecular flexibility index (Phi) is 3.92. The molecule has 0 radical (unpaired) electrons. The van der Waals surface area contributed by atoms with Crippen LogP contribution in [0.4, 0.5) is 5.69 Å². The molecule has 0 saturated carbocycles. The first-order chi connectivity index (χ1) is 8.50. The summed E-state index contributed by atoms with van der Waals surface area (Å²) in [6.07, 6.45) is 4.68. The van der Waals surface area contributed by atoms with E-state index in [0.29, 0.717) is 0 Å². The minimum atomic E-state index is -3.21. The van der Waals surface area contributed by atoms with Gasteiger partial charge in [-0.3, -0.25) is 4.31 Å². The Morgan fingerprint density at radius 1 is 1.28 bits per heavy atom. The summed E-state index contributed by atoms with van der Waals surface area (Å²) in [6, 6.07) is 7.99. The number of hydrogen-bond acceptors (Lipinski definition) is 3. The van der Waals surface area contributed by atoms with Crippen LogP contribution in [0.25, 0.3) is 0 Å². The number of hydrogen-bond donors (Lipinski definition) is 1. The third-order valence-electron chi connectivity index (χ3n) is 3.46. The summed E-state index contributed by atoms with van der Waals surface area (Å²) < 4.78 is 24.7. The summed E-state index contributed by atoms with van der Waals surface area (Å²) in [5.74, 6) is 0. The van der Waals surface area contributed by atoms with Gasteiger partial charge in [-0.2, -0.15) is 0 Å². The Labute approximate surface area is 109 Å². The van der Waals surface area contributed by atoms with Crippen molar-refractivity contribution in [3.05, 3.63) is 29.8 Å². The predicted octanol–water partition coefficient (Wildman–Crippen LogP) is 1.90. The summed E-state index contributed by atoms with van der Waals surface area (Å²) in [4.78, 5) is 0. The highest BCUT2D eigenvalue weighted by Gasteiger charge is 2.21. The van der Waals surface area contributed by atoms with Crippen molar-refractivity contribution in [3.63, 3.8) is 0 Å². The SMILES string of the molecule is CN(c1ccccc1C1CCCCN1)S(C)(=O)=O. The lowest BCUT2D eigenvalue weighted by molar-refractivity contribution is 0.413. The Morgan fingerprint density at radius 2 is 2.00 bits per heavy atom. The number of para-hydroxylation sites is 1. The second kappa shape index (κ2) is 5.28. The number of piperidine rings is 1. The molecule has 0 amide bonds. The van der Waals surface area contributed by atoms with Crippen LogP contribution >= 0.6 is 0 Å². The van der Waals surface area contributed by atoms with E-state index >= 15 is 0 Å². The van der Waals surface area contributed by atoms with Crippen LogP contribution in [0.15, 0.2) is 24.3 Å². The molecule has 1 aromatic carbocycles. The molecule has 100 valence electrons. The zero-order valence-electron chi connectivity index (χ0n) is 10.9. The molecule has 1 aliphatic heterocycles. The van der Waals surface area contributed by atoms with Crippen LogP contribution in [0.3, 0.4) is 0 Å². The summed E-state index contributed by atoms with van der Waals surface area (Å²) in [7, 11) is -1.60. The van der Waals surface area contributed by atoms with E-state index < -0.39 is 10.0 Å². The van der Waals surface area contributed by atoms with E-state index in [9.17, 15) is 8.42 Å². The molecular weight excluding hydrogens is 248 g/mol. The molecule has 1 atom stereocenters. The van der Waals surface area contributed by atoms with E-state index in [2.05, 4.69) is 5.32 Å². The van der Waals surface area contributed by atoms with Gasteiger partial charge in [-0.25, -0.2) is 8.42 Å². The van der Waals surface area contributed by atoms with Crippen molar-refractivity contribution >= 4 is 15.7 Å². The Bertz CT molecular complexity index is 507. The van der Waals surface area contributed by atoms with Gasteiger partial charge in [0.2, 0.25) is 10.0 Å². The minimum Gasteiger partial charge on any atom is -0.310 e. The molecule has 1 saturated heterocycles. The first-order valence-corrected chi connectivity index (χ1v) is 8.11. The number of sulfonamides is 1. The van der Waals surface area contributed by atoms with Crippen LogP contribution in [0.2, 0.25) is 0 Å². The molecule has 5 heteroatoms. The molecule has 0 aliphatic carbocycles. The maximum atomic E-state index is 11.7. The Balaban J connectivity index is 2.36. The molecule has 0 bridgehead atoms. The summed E-state index contributed by atoms with van der Waals surface area (Å²) in [5.41, 5.74) is 1.85. The van der Waals surface area contributed by atoms with E-state index in [-0.39, 0.29) is 6.04 Å². The lowest BCUT2D eigenvalue weighted by Crippen LogP contribution is -2.31. The van der Waals surface area contributed by atoms with Crippen molar-refractivity contribution < 1.29 is 8.42 Å². The van der Waals surface area contributed by atoms with Gasteiger partial charge in [0.15, 0.2) is 0 Å². The van der Waals surface area contributed by atoms with Crippen molar-refractivity contribution in [2.75, 3.05) is 24.2 Å². The van der Waals surface area contributed by atoms with E-state index in [1.807, 2.05) is 24.3 Å². The van der Waals surface area contributed by atoms with Gasteiger partial charge >= 0.3 is 0 Å². The van der Waals surface area contributed by atoms with Gasteiger partial charge in [0, 0.05) is 13.1 Å². The second-order valence-corrected chi connectivity index (χ2v) is 6.81. The number of benzene rings is 1. The molecule has 1 fully saturated rings. The summed E-state index contributed by atoms with van der Waals surface area (Å²) in [6.45, 7) is 1.00. The van der Waals surface area contributed by atoms with Gasteiger partial charge in [-0.15, -0.1) is 0 Å². The molecule has 0 aromatic heterocycles. The topological polar surface area (TPSA) is 49.4 Å². The number of anilines is 1. The van der Waals surface area contributed by atoms with Crippen molar-refractivity contribution in [3.8, 4) is 0 Å². The van der Waals surface area contributed by atoms with Crippen LogP contribution in [0, 0.1) is 0 Å². The molecule has 0 spiro atoms. The lowest BCUT2D eigenvalue weighted by atomic mass is 9.96. The molecule has 18 heavy (non-hydrogen) atoms. The standard InChI is InChI=1S/C13H20N2O2S/c1-15(18(2,16)17)13-9-4-3-7-11(13)12-8-5-6-10-14-12/h3-4,7,9,12,14H,5-6,8,10H2,1-2H3. The third kappa shape index (κ3) is 2.84. The van der Waals surface area contributed by atoms with E-state index in [1.54, 1.807) is 7.05 Å².